The number of pyridine rings is 1. The van der Waals surface area contributed by atoms with Crippen molar-refractivity contribution in [3.05, 3.63) is 47.7 Å². The summed E-state index contributed by atoms with van der Waals surface area (Å²) in [5, 5.41) is 10.1. The molecule has 19 heavy (non-hydrogen) atoms. The molecule has 0 aliphatic heterocycles. The first-order valence-corrected chi connectivity index (χ1v) is 6.27. The van der Waals surface area contributed by atoms with E-state index in [1.807, 2.05) is 43.3 Å². The molecule has 0 saturated heterocycles. The molecule has 0 radical (unpaired) electrons. The smallest absolute Gasteiger partial charge is 0.119 e. The number of aromatic nitrogens is 1. The van der Waals surface area contributed by atoms with Crippen molar-refractivity contribution in [3.63, 3.8) is 0 Å². The lowest BCUT2D eigenvalue weighted by Crippen LogP contribution is -2.17. The number of nitrogens with zero attached hydrogens (tertiary/aromatic N) is 1. The fraction of sp³-hybridized carbons (Fsp3) is 0.312. The van der Waals surface area contributed by atoms with Crippen LogP contribution in [-0.4, -0.2) is 17.2 Å². The van der Waals surface area contributed by atoms with Gasteiger partial charge in [0.05, 0.1) is 18.4 Å². The van der Waals surface area contributed by atoms with Gasteiger partial charge in [-0.3, -0.25) is 4.98 Å². The highest BCUT2D eigenvalue weighted by Crippen LogP contribution is 2.27. The van der Waals surface area contributed by atoms with E-state index in [9.17, 15) is 5.11 Å². The number of ether oxygens (including phenoxy) is 1. The fourth-order valence-corrected chi connectivity index (χ4v) is 2.15. The molecule has 3 heteroatoms. The normalized spacial score (nSPS) is 11.4. The second-order valence-electron chi connectivity index (χ2n) is 5.12. The highest BCUT2D eigenvalue weighted by Gasteiger charge is 2.19. The van der Waals surface area contributed by atoms with E-state index in [1.54, 1.807) is 21.0 Å². The monoisotopic (exact) mass is 257 g/mol. The summed E-state index contributed by atoms with van der Waals surface area (Å²) in [5.74, 6) is 0.809. The van der Waals surface area contributed by atoms with E-state index >= 15 is 0 Å². The van der Waals surface area contributed by atoms with Crippen molar-refractivity contribution in [1.29, 1.82) is 0 Å². The Bertz CT molecular complexity index is 586. The zero-order valence-corrected chi connectivity index (χ0v) is 11.8. The average Bonchev–Trinajstić information content (AvgIpc) is 2.37. The second-order valence-corrected chi connectivity index (χ2v) is 5.12. The maximum absolute atomic E-state index is 10.1. The summed E-state index contributed by atoms with van der Waals surface area (Å²) in [6.07, 6.45) is 0. The Morgan fingerprint density at radius 1 is 1.16 bits per heavy atom. The van der Waals surface area contributed by atoms with Crippen molar-refractivity contribution >= 4 is 0 Å². The van der Waals surface area contributed by atoms with Crippen molar-refractivity contribution in [2.45, 2.75) is 26.4 Å². The molecular formula is C16H19NO2. The SMILES string of the molecule is COc1cccc(-c2ccc(C(C)(C)O)c(C)n2)c1. The fourth-order valence-electron chi connectivity index (χ4n) is 2.15. The number of rotatable bonds is 3. The van der Waals surface area contributed by atoms with Crippen LogP contribution in [0.5, 0.6) is 5.75 Å². The Labute approximate surface area is 113 Å². The Balaban J connectivity index is 2.44. The predicted octanol–water partition coefficient (Wildman–Crippen LogP) is 3.29. The van der Waals surface area contributed by atoms with Crippen LogP contribution in [0.2, 0.25) is 0 Å². The highest BCUT2D eigenvalue weighted by atomic mass is 16.5. The zero-order valence-electron chi connectivity index (χ0n) is 11.8. The molecule has 0 aliphatic rings. The molecule has 0 amide bonds. The minimum atomic E-state index is -0.871. The van der Waals surface area contributed by atoms with Gasteiger partial charge in [0.1, 0.15) is 5.75 Å². The molecule has 0 fully saturated rings. The average molecular weight is 257 g/mol. The van der Waals surface area contributed by atoms with Gasteiger partial charge in [-0.1, -0.05) is 18.2 Å². The van der Waals surface area contributed by atoms with Crippen LogP contribution in [-0.2, 0) is 5.60 Å². The van der Waals surface area contributed by atoms with Gasteiger partial charge in [-0.2, -0.15) is 0 Å². The van der Waals surface area contributed by atoms with E-state index in [-0.39, 0.29) is 0 Å². The second kappa shape index (κ2) is 5.02. The molecule has 2 rings (SSSR count). The van der Waals surface area contributed by atoms with Crippen LogP contribution in [0.1, 0.15) is 25.1 Å². The van der Waals surface area contributed by atoms with E-state index in [4.69, 9.17) is 4.74 Å². The number of hydrogen-bond acceptors (Lipinski definition) is 3. The molecule has 0 unspecified atom stereocenters. The van der Waals surface area contributed by atoms with Gasteiger partial charge in [-0.25, -0.2) is 0 Å². The van der Waals surface area contributed by atoms with Crippen molar-refractivity contribution < 1.29 is 9.84 Å². The van der Waals surface area contributed by atoms with Gasteiger partial charge in [0.15, 0.2) is 0 Å². The van der Waals surface area contributed by atoms with E-state index in [0.29, 0.717) is 0 Å². The van der Waals surface area contributed by atoms with E-state index in [2.05, 4.69) is 4.98 Å². The molecule has 2 aromatic rings. The van der Waals surface area contributed by atoms with Gasteiger partial charge in [0, 0.05) is 16.8 Å². The van der Waals surface area contributed by atoms with Crippen molar-refractivity contribution in [2.24, 2.45) is 0 Å². The van der Waals surface area contributed by atoms with Gasteiger partial charge in [0.25, 0.3) is 0 Å². The maximum atomic E-state index is 10.1. The molecule has 0 atom stereocenters. The van der Waals surface area contributed by atoms with Gasteiger partial charge >= 0.3 is 0 Å². The third kappa shape index (κ3) is 2.93. The van der Waals surface area contributed by atoms with Crippen LogP contribution in [0, 0.1) is 6.92 Å². The topological polar surface area (TPSA) is 42.4 Å². The number of aryl methyl sites for hydroxylation is 1. The number of methoxy groups -OCH3 is 1. The lowest BCUT2D eigenvalue weighted by atomic mass is 9.96. The number of hydrogen-bond donors (Lipinski definition) is 1. The van der Waals surface area contributed by atoms with Crippen molar-refractivity contribution in [3.8, 4) is 17.0 Å². The summed E-state index contributed by atoms with van der Waals surface area (Å²) in [5.41, 5.74) is 2.70. The maximum Gasteiger partial charge on any atom is 0.119 e. The van der Waals surface area contributed by atoms with Crippen LogP contribution in [0.25, 0.3) is 11.3 Å². The predicted molar refractivity (Wildman–Crippen MR) is 76.2 cm³/mol. The summed E-state index contributed by atoms with van der Waals surface area (Å²) in [4.78, 5) is 4.57. The number of aliphatic hydroxyl groups is 1. The van der Waals surface area contributed by atoms with Crippen LogP contribution in [0.4, 0.5) is 0 Å². The number of benzene rings is 1. The molecular weight excluding hydrogens is 238 g/mol. The molecule has 0 bridgehead atoms. The van der Waals surface area contributed by atoms with E-state index in [0.717, 1.165) is 28.3 Å². The molecule has 100 valence electrons. The molecule has 1 heterocycles. The lowest BCUT2D eigenvalue weighted by Gasteiger charge is -2.20. The summed E-state index contributed by atoms with van der Waals surface area (Å²) < 4.78 is 5.22. The molecule has 3 nitrogen and oxygen atoms in total. The Morgan fingerprint density at radius 2 is 1.89 bits per heavy atom. The van der Waals surface area contributed by atoms with Gasteiger partial charge in [-0.15, -0.1) is 0 Å². The van der Waals surface area contributed by atoms with Crippen LogP contribution >= 0.6 is 0 Å². The lowest BCUT2D eigenvalue weighted by molar-refractivity contribution is 0.0775. The summed E-state index contributed by atoms with van der Waals surface area (Å²) >= 11 is 0. The molecule has 1 N–H and O–H groups in total. The first-order chi connectivity index (χ1) is 8.91. The minimum Gasteiger partial charge on any atom is -0.497 e. The molecule has 1 aromatic heterocycles. The summed E-state index contributed by atoms with van der Waals surface area (Å²) in [7, 11) is 1.65. The highest BCUT2D eigenvalue weighted by molar-refractivity contribution is 5.61. The summed E-state index contributed by atoms with van der Waals surface area (Å²) in [6.45, 7) is 5.45. The van der Waals surface area contributed by atoms with E-state index < -0.39 is 5.60 Å². The third-order valence-corrected chi connectivity index (χ3v) is 3.11. The Kier molecular flexibility index (Phi) is 3.58. The van der Waals surface area contributed by atoms with Crippen LogP contribution in [0.3, 0.4) is 0 Å². The third-order valence-electron chi connectivity index (χ3n) is 3.11. The molecule has 0 aliphatic carbocycles. The van der Waals surface area contributed by atoms with Gasteiger partial charge in [-0.05, 0) is 39.0 Å². The minimum absolute atomic E-state index is 0.809. The standard InChI is InChI=1S/C16H19NO2/c1-11-14(16(2,3)18)8-9-15(17-11)12-6-5-7-13(10-12)19-4/h5-10,18H,1-4H3. The molecule has 0 spiro atoms. The Hall–Kier alpha value is -1.87. The van der Waals surface area contributed by atoms with Gasteiger partial charge in [0.2, 0.25) is 0 Å². The first-order valence-electron chi connectivity index (χ1n) is 6.27. The van der Waals surface area contributed by atoms with Crippen LogP contribution in [0.15, 0.2) is 36.4 Å². The molecule has 1 aromatic carbocycles. The van der Waals surface area contributed by atoms with Crippen molar-refractivity contribution in [1.82, 2.24) is 4.98 Å². The van der Waals surface area contributed by atoms with Crippen LogP contribution < -0.4 is 4.74 Å². The Morgan fingerprint density at radius 3 is 2.47 bits per heavy atom. The van der Waals surface area contributed by atoms with Gasteiger partial charge < -0.3 is 9.84 Å². The largest absolute Gasteiger partial charge is 0.497 e. The van der Waals surface area contributed by atoms with E-state index in [1.165, 1.54) is 0 Å². The zero-order chi connectivity index (χ0) is 14.0. The summed E-state index contributed by atoms with van der Waals surface area (Å²) in [6, 6.07) is 11.6. The molecule has 0 saturated carbocycles. The quantitative estimate of drug-likeness (QED) is 0.917. The first kappa shape index (κ1) is 13.6. The van der Waals surface area contributed by atoms with Crippen molar-refractivity contribution in [2.75, 3.05) is 7.11 Å².